The van der Waals surface area contributed by atoms with Crippen LogP contribution in [0, 0.1) is 0 Å². The number of ketones is 1. The van der Waals surface area contributed by atoms with Crippen LogP contribution in [0.5, 0.6) is 0 Å². The maximum atomic E-state index is 10.6. The van der Waals surface area contributed by atoms with Crippen LogP contribution in [0.3, 0.4) is 0 Å². The van der Waals surface area contributed by atoms with E-state index in [4.69, 9.17) is 0 Å². The molecule has 0 fully saturated rings. The fourth-order valence-corrected chi connectivity index (χ4v) is 0.884. The Bertz CT molecular complexity index is 194. The summed E-state index contributed by atoms with van der Waals surface area (Å²) < 4.78 is 4.42. The normalized spacial score (nSPS) is 10.3. The molecule has 0 N–H and O–H groups in total. The van der Waals surface area contributed by atoms with E-state index >= 15 is 0 Å². The number of rotatable bonds is 6. The standard InChI is InChI=1S/C10H16O3/c1-9(11)7-5-3-4-6-8-10(12)13-2/h6,8H,3-5,7H2,1-2H3. The zero-order valence-corrected chi connectivity index (χ0v) is 8.21. The second kappa shape index (κ2) is 7.53. The Kier molecular flexibility index (Phi) is 6.88. The zero-order chi connectivity index (χ0) is 10.1. The van der Waals surface area contributed by atoms with Crippen molar-refractivity contribution in [2.75, 3.05) is 7.11 Å². The van der Waals surface area contributed by atoms with Crippen molar-refractivity contribution in [1.82, 2.24) is 0 Å². The quantitative estimate of drug-likeness (QED) is 0.359. The summed E-state index contributed by atoms with van der Waals surface area (Å²) >= 11 is 0. The van der Waals surface area contributed by atoms with Crippen LogP contribution in [0.2, 0.25) is 0 Å². The fourth-order valence-electron chi connectivity index (χ4n) is 0.884. The largest absolute Gasteiger partial charge is 0.466 e. The molecule has 3 heteroatoms. The lowest BCUT2D eigenvalue weighted by atomic mass is 10.1. The molecule has 0 saturated heterocycles. The van der Waals surface area contributed by atoms with Crippen molar-refractivity contribution in [3.63, 3.8) is 0 Å². The smallest absolute Gasteiger partial charge is 0.330 e. The van der Waals surface area contributed by atoms with Crippen molar-refractivity contribution in [3.8, 4) is 0 Å². The summed E-state index contributed by atoms with van der Waals surface area (Å²) in [5.41, 5.74) is 0. The maximum Gasteiger partial charge on any atom is 0.330 e. The van der Waals surface area contributed by atoms with Crippen molar-refractivity contribution in [3.05, 3.63) is 12.2 Å². The fraction of sp³-hybridized carbons (Fsp3) is 0.600. The second-order valence-electron chi connectivity index (χ2n) is 2.87. The molecule has 0 saturated carbocycles. The number of carbonyl (C=O) groups excluding carboxylic acids is 2. The first-order valence-corrected chi connectivity index (χ1v) is 4.40. The molecule has 0 aliphatic rings. The van der Waals surface area contributed by atoms with E-state index in [9.17, 15) is 9.59 Å². The van der Waals surface area contributed by atoms with E-state index < -0.39 is 0 Å². The van der Waals surface area contributed by atoms with Gasteiger partial charge in [0.1, 0.15) is 5.78 Å². The van der Waals surface area contributed by atoms with Crippen LogP contribution < -0.4 is 0 Å². The lowest BCUT2D eigenvalue weighted by Gasteiger charge is -1.93. The van der Waals surface area contributed by atoms with E-state index in [-0.39, 0.29) is 11.8 Å². The molecule has 0 rings (SSSR count). The molecule has 3 nitrogen and oxygen atoms in total. The molecule has 0 aliphatic heterocycles. The first kappa shape index (κ1) is 11.9. The van der Waals surface area contributed by atoms with E-state index in [2.05, 4.69) is 4.74 Å². The number of unbranched alkanes of at least 4 members (excludes halogenated alkanes) is 2. The van der Waals surface area contributed by atoms with Gasteiger partial charge in [-0.05, 0) is 26.2 Å². The minimum Gasteiger partial charge on any atom is -0.466 e. The highest BCUT2D eigenvalue weighted by Crippen LogP contribution is 2.01. The van der Waals surface area contributed by atoms with E-state index in [1.165, 1.54) is 13.2 Å². The van der Waals surface area contributed by atoms with Crippen LogP contribution in [0.15, 0.2) is 12.2 Å². The topological polar surface area (TPSA) is 43.4 Å². The van der Waals surface area contributed by atoms with Gasteiger partial charge in [-0.25, -0.2) is 4.79 Å². The third kappa shape index (κ3) is 8.79. The van der Waals surface area contributed by atoms with Crippen LogP contribution in [-0.4, -0.2) is 18.9 Å². The Morgan fingerprint density at radius 1 is 1.31 bits per heavy atom. The molecule has 74 valence electrons. The summed E-state index contributed by atoms with van der Waals surface area (Å²) in [6.45, 7) is 1.59. The average molecular weight is 184 g/mol. The van der Waals surface area contributed by atoms with Crippen LogP contribution in [0.25, 0.3) is 0 Å². The highest BCUT2D eigenvalue weighted by Gasteiger charge is 1.93. The van der Waals surface area contributed by atoms with Crippen molar-refractivity contribution in [2.24, 2.45) is 0 Å². The van der Waals surface area contributed by atoms with E-state index in [1.54, 1.807) is 13.0 Å². The number of esters is 1. The van der Waals surface area contributed by atoms with Gasteiger partial charge in [0.15, 0.2) is 0 Å². The van der Waals surface area contributed by atoms with Crippen molar-refractivity contribution in [1.29, 1.82) is 0 Å². The molecule has 0 heterocycles. The molecule has 0 aromatic carbocycles. The third-order valence-corrected chi connectivity index (χ3v) is 1.60. The van der Waals surface area contributed by atoms with Gasteiger partial charge in [0.25, 0.3) is 0 Å². The maximum absolute atomic E-state index is 10.6. The number of Topliss-reactive ketones (excluding diaryl/α,β-unsaturated/α-hetero) is 1. The highest BCUT2D eigenvalue weighted by atomic mass is 16.5. The summed E-state index contributed by atoms with van der Waals surface area (Å²) in [5, 5.41) is 0. The zero-order valence-electron chi connectivity index (χ0n) is 8.21. The summed E-state index contributed by atoms with van der Waals surface area (Å²) in [4.78, 5) is 21.1. The van der Waals surface area contributed by atoms with Crippen molar-refractivity contribution >= 4 is 11.8 Å². The molecular formula is C10H16O3. The van der Waals surface area contributed by atoms with Crippen LogP contribution in [-0.2, 0) is 14.3 Å². The predicted molar refractivity (Wildman–Crippen MR) is 50.3 cm³/mol. The van der Waals surface area contributed by atoms with Crippen molar-refractivity contribution < 1.29 is 14.3 Å². The Hall–Kier alpha value is -1.12. The van der Waals surface area contributed by atoms with Gasteiger partial charge in [-0.3, -0.25) is 0 Å². The molecule has 0 atom stereocenters. The number of allylic oxidation sites excluding steroid dienone is 1. The first-order chi connectivity index (χ1) is 6.16. The molecule has 0 aliphatic carbocycles. The van der Waals surface area contributed by atoms with Crippen LogP contribution >= 0.6 is 0 Å². The number of hydrogen-bond acceptors (Lipinski definition) is 3. The lowest BCUT2D eigenvalue weighted by Crippen LogP contribution is -1.93. The van der Waals surface area contributed by atoms with Crippen LogP contribution in [0.1, 0.15) is 32.6 Å². The number of hydrogen-bond donors (Lipinski definition) is 0. The monoisotopic (exact) mass is 184 g/mol. The van der Waals surface area contributed by atoms with Gasteiger partial charge in [0, 0.05) is 12.5 Å². The Morgan fingerprint density at radius 2 is 2.00 bits per heavy atom. The minimum absolute atomic E-state index is 0.219. The van der Waals surface area contributed by atoms with Gasteiger partial charge in [-0.15, -0.1) is 0 Å². The van der Waals surface area contributed by atoms with Gasteiger partial charge in [-0.1, -0.05) is 6.08 Å². The Balaban J connectivity index is 3.30. The third-order valence-electron chi connectivity index (χ3n) is 1.60. The van der Waals surface area contributed by atoms with Gasteiger partial charge < -0.3 is 9.53 Å². The summed E-state index contributed by atoms with van der Waals surface area (Å²) in [6.07, 6.45) is 6.46. The summed E-state index contributed by atoms with van der Waals surface area (Å²) in [7, 11) is 1.35. The van der Waals surface area contributed by atoms with Gasteiger partial charge in [-0.2, -0.15) is 0 Å². The van der Waals surface area contributed by atoms with E-state index in [0.29, 0.717) is 6.42 Å². The van der Waals surface area contributed by atoms with E-state index in [0.717, 1.165) is 19.3 Å². The van der Waals surface area contributed by atoms with E-state index in [1.807, 2.05) is 0 Å². The molecule has 0 bridgehead atoms. The molecular weight excluding hydrogens is 168 g/mol. The lowest BCUT2D eigenvalue weighted by molar-refractivity contribution is -0.134. The Morgan fingerprint density at radius 3 is 2.54 bits per heavy atom. The van der Waals surface area contributed by atoms with Crippen LogP contribution in [0.4, 0.5) is 0 Å². The molecule has 0 spiro atoms. The molecule has 0 aromatic heterocycles. The second-order valence-corrected chi connectivity index (χ2v) is 2.87. The molecule has 0 amide bonds. The van der Waals surface area contributed by atoms with Crippen molar-refractivity contribution in [2.45, 2.75) is 32.6 Å². The molecule has 0 unspecified atom stereocenters. The van der Waals surface area contributed by atoms with Gasteiger partial charge in [0.05, 0.1) is 7.11 Å². The summed E-state index contributed by atoms with van der Waals surface area (Å²) in [6, 6.07) is 0. The minimum atomic E-state index is -0.327. The Labute approximate surface area is 78.8 Å². The summed E-state index contributed by atoms with van der Waals surface area (Å²) in [5.74, 6) is -0.108. The number of methoxy groups -OCH3 is 1. The average Bonchev–Trinajstić information content (AvgIpc) is 2.10. The predicted octanol–water partition coefficient (Wildman–Crippen LogP) is 1.86. The van der Waals surface area contributed by atoms with Gasteiger partial charge in [0.2, 0.25) is 0 Å². The molecule has 0 radical (unpaired) electrons. The SMILES string of the molecule is COC(=O)C=CCCCCC(C)=O. The first-order valence-electron chi connectivity index (χ1n) is 4.40. The highest BCUT2D eigenvalue weighted by molar-refractivity contribution is 5.81. The molecule has 13 heavy (non-hydrogen) atoms. The number of ether oxygens (including phenoxy) is 1. The number of carbonyl (C=O) groups is 2. The molecule has 0 aromatic rings. The van der Waals surface area contributed by atoms with Gasteiger partial charge >= 0.3 is 5.97 Å².